The number of aromatic nitrogens is 4. The van der Waals surface area contributed by atoms with Crippen LogP contribution in [-0.2, 0) is 19.6 Å². The van der Waals surface area contributed by atoms with E-state index in [2.05, 4.69) is 32.4 Å². The van der Waals surface area contributed by atoms with Crippen LogP contribution in [0.25, 0.3) is 0 Å². The Bertz CT molecular complexity index is 723. The van der Waals surface area contributed by atoms with Crippen LogP contribution in [0.1, 0.15) is 41.6 Å². The first kappa shape index (κ1) is 16.8. The number of nitrogens with zero attached hydrogens (tertiary/aromatic N) is 4. The monoisotopic (exact) mass is 351 g/mol. The molecule has 0 unspecified atom stereocenters. The SMILES string of the molecule is CCCCN1CCn2nc(CNC(=O)c3[nH]nc(N)c3Cl)cc2C1. The minimum absolute atomic E-state index is 0.117. The molecule has 0 spiro atoms. The molecule has 130 valence electrons. The van der Waals surface area contributed by atoms with Gasteiger partial charge in [-0.2, -0.15) is 10.2 Å². The van der Waals surface area contributed by atoms with Crippen molar-refractivity contribution in [2.45, 2.75) is 39.4 Å². The van der Waals surface area contributed by atoms with Gasteiger partial charge in [-0.1, -0.05) is 24.9 Å². The molecule has 4 N–H and O–H groups in total. The number of aromatic amines is 1. The molecule has 1 aliphatic heterocycles. The highest BCUT2D eigenvalue weighted by Gasteiger charge is 2.19. The first-order valence-electron chi connectivity index (χ1n) is 8.14. The van der Waals surface area contributed by atoms with Crippen molar-refractivity contribution in [1.82, 2.24) is 30.2 Å². The van der Waals surface area contributed by atoms with Gasteiger partial charge in [0.25, 0.3) is 5.91 Å². The van der Waals surface area contributed by atoms with E-state index in [1.165, 1.54) is 18.5 Å². The standard InChI is InChI=1S/C15H22ClN7O/c1-2-3-4-22-5-6-23-11(9-22)7-10(21-23)8-18-15(24)13-12(16)14(17)20-19-13/h7H,2-6,8-9H2,1H3,(H,18,24)(H3,17,19,20). The lowest BCUT2D eigenvalue weighted by Gasteiger charge is -2.27. The van der Waals surface area contributed by atoms with E-state index in [0.29, 0.717) is 6.54 Å². The van der Waals surface area contributed by atoms with Gasteiger partial charge >= 0.3 is 0 Å². The Kier molecular flexibility index (Phi) is 5.06. The van der Waals surface area contributed by atoms with Gasteiger partial charge in [0.2, 0.25) is 0 Å². The molecule has 0 atom stereocenters. The molecule has 0 radical (unpaired) electrons. The number of unbranched alkanes of at least 4 members (excludes halogenated alkanes) is 1. The van der Waals surface area contributed by atoms with Crippen molar-refractivity contribution >= 4 is 23.3 Å². The Morgan fingerprint density at radius 1 is 1.50 bits per heavy atom. The zero-order valence-corrected chi connectivity index (χ0v) is 14.4. The molecular weight excluding hydrogens is 330 g/mol. The molecular formula is C15H22ClN7O. The number of nitrogens with two attached hydrogens (primary N) is 1. The smallest absolute Gasteiger partial charge is 0.271 e. The molecule has 24 heavy (non-hydrogen) atoms. The predicted octanol–water partition coefficient (Wildman–Crippen LogP) is 1.39. The van der Waals surface area contributed by atoms with E-state index in [1.807, 2.05) is 10.7 Å². The summed E-state index contributed by atoms with van der Waals surface area (Å²) in [6, 6.07) is 2.04. The number of fused-ring (bicyclic) bond motifs is 1. The fourth-order valence-electron chi connectivity index (χ4n) is 2.79. The lowest BCUT2D eigenvalue weighted by Crippen LogP contribution is -2.34. The van der Waals surface area contributed by atoms with Crippen LogP contribution in [0.15, 0.2) is 6.07 Å². The summed E-state index contributed by atoms with van der Waals surface area (Å²) < 4.78 is 2.02. The molecule has 9 heteroatoms. The van der Waals surface area contributed by atoms with Gasteiger partial charge in [0, 0.05) is 13.1 Å². The Morgan fingerprint density at radius 2 is 2.33 bits per heavy atom. The number of amides is 1. The molecule has 0 bridgehead atoms. The Labute approximate surface area is 145 Å². The number of nitrogen functional groups attached to an aromatic ring is 1. The number of anilines is 1. The van der Waals surface area contributed by atoms with Crippen LogP contribution in [0.3, 0.4) is 0 Å². The summed E-state index contributed by atoms with van der Waals surface area (Å²) in [7, 11) is 0. The van der Waals surface area contributed by atoms with E-state index in [0.717, 1.165) is 31.9 Å². The van der Waals surface area contributed by atoms with Crippen LogP contribution in [-0.4, -0.2) is 43.9 Å². The third-order valence-electron chi connectivity index (χ3n) is 4.15. The molecule has 0 saturated carbocycles. The first-order chi connectivity index (χ1) is 11.6. The quantitative estimate of drug-likeness (QED) is 0.729. The molecule has 2 aromatic heterocycles. The maximum Gasteiger partial charge on any atom is 0.271 e. The van der Waals surface area contributed by atoms with Crippen molar-refractivity contribution in [3.63, 3.8) is 0 Å². The van der Waals surface area contributed by atoms with Gasteiger partial charge in [0.1, 0.15) is 10.7 Å². The van der Waals surface area contributed by atoms with Gasteiger partial charge in [-0.25, -0.2) is 0 Å². The van der Waals surface area contributed by atoms with Crippen molar-refractivity contribution in [3.8, 4) is 0 Å². The summed E-state index contributed by atoms with van der Waals surface area (Å²) in [5, 5.41) is 13.7. The second kappa shape index (κ2) is 7.23. The maximum atomic E-state index is 12.1. The zero-order valence-electron chi connectivity index (χ0n) is 13.7. The van der Waals surface area contributed by atoms with Crippen molar-refractivity contribution in [2.75, 3.05) is 18.8 Å². The summed E-state index contributed by atoms with van der Waals surface area (Å²) in [6.45, 7) is 6.47. The average Bonchev–Trinajstić information content (AvgIpc) is 3.14. The van der Waals surface area contributed by atoms with Crippen LogP contribution < -0.4 is 11.1 Å². The number of nitrogens with one attached hydrogen (secondary N) is 2. The van der Waals surface area contributed by atoms with Gasteiger partial charge in [0.15, 0.2) is 5.82 Å². The normalized spacial score (nSPS) is 14.6. The van der Waals surface area contributed by atoms with E-state index >= 15 is 0 Å². The third kappa shape index (κ3) is 3.54. The second-order valence-electron chi connectivity index (χ2n) is 5.96. The molecule has 0 fully saturated rings. The van der Waals surface area contributed by atoms with E-state index in [9.17, 15) is 4.79 Å². The van der Waals surface area contributed by atoms with Gasteiger partial charge in [-0.05, 0) is 19.0 Å². The molecule has 8 nitrogen and oxygen atoms in total. The number of carbonyl (C=O) groups is 1. The highest BCUT2D eigenvalue weighted by molar-refractivity contribution is 6.35. The van der Waals surface area contributed by atoms with E-state index in [1.54, 1.807) is 0 Å². The van der Waals surface area contributed by atoms with Crippen molar-refractivity contribution in [2.24, 2.45) is 0 Å². The second-order valence-corrected chi connectivity index (χ2v) is 6.34. The van der Waals surface area contributed by atoms with Crippen LogP contribution >= 0.6 is 11.6 Å². The molecule has 0 aliphatic carbocycles. The zero-order chi connectivity index (χ0) is 17.1. The summed E-state index contributed by atoms with van der Waals surface area (Å²) in [6.07, 6.45) is 2.42. The molecule has 1 amide bonds. The van der Waals surface area contributed by atoms with E-state index in [4.69, 9.17) is 17.3 Å². The van der Waals surface area contributed by atoms with Gasteiger partial charge in [-0.15, -0.1) is 0 Å². The fourth-order valence-corrected chi connectivity index (χ4v) is 2.96. The number of H-pyrrole nitrogens is 1. The average molecular weight is 352 g/mol. The van der Waals surface area contributed by atoms with Crippen LogP contribution in [0.2, 0.25) is 5.02 Å². The number of rotatable bonds is 6. The minimum atomic E-state index is -0.347. The summed E-state index contributed by atoms with van der Waals surface area (Å²) >= 11 is 5.92. The van der Waals surface area contributed by atoms with Crippen molar-refractivity contribution < 1.29 is 4.79 Å². The van der Waals surface area contributed by atoms with Crippen molar-refractivity contribution in [3.05, 3.63) is 28.2 Å². The van der Waals surface area contributed by atoms with Crippen LogP contribution in [0.5, 0.6) is 0 Å². The third-order valence-corrected chi connectivity index (χ3v) is 4.53. The van der Waals surface area contributed by atoms with E-state index in [-0.39, 0.29) is 22.4 Å². The number of hydrogen-bond donors (Lipinski definition) is 3. The Hall–Kier alpha value is -2.06. The summed E-state index contributed by atoms with van der Waals surface area (Å²) in [5.74, 6) is -0.230. The van der Waals surface area contributed by atoms with Crippen LogP contribution in [0.4, 0.5) is 5.82 Å². The minimum Gasteiger partial charge on any atom is -0.381 e. The predicted molar refractivity (Wildman–Crippen MR) is 91.6 cm³/mol. The Morgan fingerprint density at radius 3 is 3.04 bits per heavy atom. The number of hydrogen-bond acceptors (Lipinski definition) is 5. The lowest BCUT2D eigenvalue weighted by molar-refractivity contribution is 0.0945. The van der Waals surface area contributed by atoms with E-state index < -0.39 is 0 Å². The number of carbonyl (C=O) groups excluding carboxylic acids is 1. The fraction of sp³-hybridized carbons (Fsp3) is 0.533. The molecule has 3 rings (SSSR count). The topological polar surface area (TPSA) is 105 Å². The lowest BCUT2D eigenvalue weighted by atomic mass is 10.2. The molecule has 2 aromatic rings. The largest absolute Gasteiger partial charge is 0.381 e. The molecule has 0 aromatic carbocycles. The number of halogens is 1. The summed E-state index contributed by atoms with van der Waals surface area (Å²) in [5.41, 5.74) is 7.71. The highest BCUT2D eigenvalue weighted by atomic mass is 35.5. The molecule has 0 saturated heterocycles. The summed E-state index contributed by atoms with van der Waals surface area (Å²) in [4.78, 5) is 14.5. The van der Waals surface area contributed by atoms with Gasteiger partial charge in [-0.3, -0.25) is 19.5 Å². The van der Waals surface area contributed by atoms with Crippen molar-refractivity contribution in [1.29, 1.82) is 0 Å². The maximum absolute atomic E-state index is 12.1. The van der Waals surface area contributed by atoms with Gasteiger partial charge in [0.05, 0.1) is 24.5 Å². The molecule has 1 aliphatic rings. The van der Waals surface area contributed by atoms with Gasteiger partial charge < -0.3 is 11.1 Å². The first-order valence-corrected chi connectivity index (χ1v) is 8.51. The molecule has 3 heterocycles. The van der Waals surface area contributed by atoms with Crippen LogP contribution in [0, 0.1) is 0 Å². The highest BCUT2D eigenvalue weighted by Crippen LogP contribution is 2.20. The Balaban J connectivity index is 1.58.